The van der Waals surface area contributed by atoms with Gasteiger partial charge in [0.2, 0.25) is 0 Å². The molecule has 2 rings (SSSR count). The first-order valence-electron chi connectivity index (χ1n) is 10.8. The summed E-state index contributed by atoms with van der Waals surface area (Å²) in [6.45, 7) is 4.66. The first kappa shape index (κ1) is 18.3. The Morgan fingerprint density at radius 1 is 0.500 bits per heavy atom. The Morgan fingerprint density at radius 2 is 0.909 bits per heavy atom. The molecule has 0 atom stereocenters. The highest BCUT2D eigenvalue weighted by atomic mass is 14.3. The number of hydrogen-bond acceptors (Lipinski definition) is 0. The molecule has 0 radical (unpaired) electrons. The van der Waals surface area contributed by atoms with Gasteiger partial charge in [-0.25, -0.2) is 0 Å². The van der Waals surface area contributed by atoms with E-state index in [-0.39, 0.29) is 0 Å². The Balaban J connectivity index is 1.55. The standard InChI is InChI=1S/C22H42/c1-3-5-7-9-20-12-16-22(17-13-20)18-21-14-10-19(11-15-21)8-6-4-2/h19-22H,3-18H2,1-2H3. The van der Waals surface area contributed by atoms with Crippen molar-refractivity contribution in [1.82, 2.24) is 0 Å². The average Bonchev–Trinajstić information content (AvgIpc) is 2.56. The van der Waals surface area contributed by atoms with Crippen molar-refractivity contribution in [3.63, 3.8) is 0 Å². The number of unbranched alkanes of at least 4 members (excludes halogenated alkanes) is 3. The Morgan fingerprint density at radius 3 is 1.36 bits per heavy atom. The second kappa shape index (κ2) is 10.7. The van der Waals surface area contributed by atoms with E-state index in [4.69, 9.17) is 0 Å². The van der Waals surface area contributed by atoms with E-state index < -0.39 is 0 Å². The molecule has 0 nitrogen and oxygen atoms in total. The summed E-state index contributed by atoms with van der Waals surface area (Å²) in [4.78, 5) is 0. The fourth-order valence-electron chi connectivity index (χ4n) is 5.16. The van der Waals surface area contributed by atoms with Gasteiger partial charge in [0.25, 0.3) is 0 Å². The molecule has 0 aromatic rings. The predicted molar refractivity (Wildman–Crippen MR) is 99.2 cm³/mol. The van der Waals surface area contributed by atoms with Gasteiger partial charge in [-0.15, -0.1) is 0 Å². The van der Waals surface area contributed by atoms with Crippen LogP contribution in [0, 0.1) is 23.7 Å². The van der Waals surface area contributed by atoms with Crippen molar-refractivity contribution in [3.8, 4) is 0 Å². The largest absolute Gasteiger partial charge is 0.0654 e. The van der Waals surface area contributed by atoms with Crippen molar-refractivity contribution >= 4 is 0 Å². The van der Waals surface area contributed by atoms with Crippen molar-refractivity contribution in [2.45, 2.75) is 117 Å². The van der Waals surface area contributed by atoms with Gasteiger partial charge in [0, 0.05) is 0 Å². The second-order valence-electron chi connectivity index (χ2n) is 8.65. The van der Waals surface area contributed by atoms with Crippen LogP contribution in [0.3, 0.4) is 0 Å². The lowest BCUT2D eigenvalue weighted by atomic mass is 9.72. The first-order chi connectivity index (χ1) is 10.8. The van der Waals surface area contributed by atoms with Crippen LogP contribution in [0.5, 0.6) is 0 Å². The maximum Gasteiger partial charge on any atom is -0.0411 e. The van der Waals surface area contributed by atoms with E-state index in [1.165, 1.54) is 44.9 Å². The van der Waals surface area contributed by atoms with Gasteiger partial charge < -0.3 is 0 Å². The zero-order valence-corrected chi connectivity index (χ0v) is 15.6. The third-order valence-corrected chi connectivity index (χ3v) is 6.78. The minimum Gasteiger partial charge on any atom is -0.0654 e. The maximum atomic E-state index is 2.34. The smallest absolute Gasteiger partial charge is 0.0411 e. The van der Waals surface area contributed by atoms with Crippen LogP contribution in [0.4, 0.5) is 0 Å². The molecule has 2 aliphatic rings. The van der Waals surface area contributed by atoms with Crippen LogP contribution in [0.2, 0.25) is 0 Å². The topological polar surface area (TPSA) is 0 Å². The summed E-state index contributed by atoms with van der Waals surface area (Å²) in [7, 11) is 0. The van der Waals surface area contributed by atoms with Crippen LogP contribution in [0.1, 0.15) is 117 Å². The lowest BCUT2D eigenvalue weighted by Crippen LogP contribution is -2.21. The molecular weight excluding hydrogens is 264 g/mol. The van der Waals surface area contributed by atoms with Crippen molar-refractivity contribution in [3.05, 3.63) is 0 Å². The summed E-state index contributed by atoms with van der Waals surface area (Å²) in [6.07, 6.45) is 24.3. The van der Waals surface area contributed by atoms with Gasteiger partial charge in [-0.05, 0) is 30.1 Å². The monoisotopic (exact) mass is 306 g/mol. The average molecular weight is 307 g/mol. The molecule has 2 aliphatic carbocycles. The van der Waals surface area contributed by atoms with Crippen molar-refractivity contribution < 1.29 is 0 Å². The Bertz CT molecular complexity index is 253. The normalized spacial score (nSPS) is 33.0. The molecular formula is C22H42. The SMILES string of the molecule is CCCCCC1CCC(CC2CCC(CCCC)CC2)CC1. The fourth-order valence-corrected chi connectivity index (χ4v) is 5.16. The summed E-state index contributed by atoms with van der Waals surface area (Å²) < 4.78 is 0. The molecule has 2 saturated carbocycles. The van der Waals surface area contributed by atoms with E-state index in [1.807, 2.05) is 0 Å². The van der Waals surface area contributed by atoms with Gasteiger partial charge >= 0.3 is 0 Å². The second-order valence-corrected chi connectivity index (χ2v) is 8.65. The highest BCUT2D eigenvalue weighted by Crippen LogP contribution is 2.40. The summed E-state index contributed by atoms with van der Waals surface area (Å²) >= 11 is 0. The van der Waals surface area contributed by atoms with E-state index >= 15 is 0 Å². The van der Waals surface area contributed by atoms with Gasteiger partial charge in [-0.1, -0.05) is 110 Å². The summed E-state index contributed by atoms with van der Waals surface area (Å²) in [5.74, 6) is 4.37. The minimum atomic E-state index is 1.09. The third kappa shape index (κ3) is 6.63. The van der Waals surface area contributed by atoms with Crippen LogP contribution < -0.4 is 0 Å². The molecule has 130 valence electrons. The van der Waals surface area contributed by atoms with Crippen LogP contribution >= 0.6 is 0 Å². The lowest BCUT2D eigenvalue weighted by molar-refractivity contribution is 0.183. The summed E-state index contributed by atoms with van der Waals surface area (Å²) in [5, 5.41) is 0. The Kier molecular flexibility index (Phi) is 8.93. The molecule has 0 bridgehead atoms. The first-order valence-corrected chi connectivity index (χ1v) is 10.8. The number of rotatable bonds is 9. The van der Waals surface area contributed by atoms with Gasteiger partial charge in [-0.2, -0.15) is 0 Å². The van der Waals surface area contributed by atoms with Gasteiger partial charge in [0.15, 0.2) is 0 Å². The van der Waals surface area contributed by atoms with E-state index in [1.54, 1.807) is 57.8 Å². The Hall–Kier alpha value is 0. The molecule has 2 fully saturated rings. The lowest BCUT2D eigenvalue weighted by Gasteiger charge is -2.34. The van der Waals surface area contributed by atoms with Gasteiger partial charge in [0.1, 0.15) is 0 Å². The zero-order chi connectivity index (χ0) is 15.6. The van der Waals surface area contributed by atoms with Crippen LogP contribution in [0.15, 0.2) is 0 Å². The van der Waals surface area contributed by atoms with E-state index in [0.717, 1.165) is 23.7 Å². The van der Waals surface area contributed by atoms with Crippen LogP contribution in [-0.4, -0.2) is 0 Å². The molecule has 0 spiro atoms. The molecule has 0 heteroatoms. The molecule has 22 heavy (non-hydrogen) atoms. The number of hydrogen-bond donors (Lipinski definition) is 0. The fraction of sp³-hybridized carbons (Fsp3) is 1.00. The molecule has 0 aliphatic heterocycles. The van der Waals surface area contributed by atoms with Crippen molar-refractivity contribution in [2.24, 2.45) is 23.7 Å². The van der Waals surface area contributed by atoms with E-state index in [2.05, 4.69) is 13.8 Å². The molecule has 0 N–H and O–H groups in total. The van der Waals surface area contributed by atoms with Crippen molar-refractivity contribution in [2.75, 3.05) is 0 Å². The minimum absolute atomic E-state index is 1.09. The zero-order valence-electron chi connectivity index (χ0n) is 15.6. The van der Waals surface area contributed by atoms with Crippen molar-refractivity contribution in [1.29, 1.82) is 0 Å². The van der Waals surface area contributed by atoms with Gasteiger partial charge in [0.05, 0.1) is 0 Å². The predicted octanol–water partition coefficient (Wildman–Crippen LogP) is 7.76. The summed E-state index contributed by atoms with van der Waals surface area (Å²) in [6, 6.07) is 0. The van der Waals surface area contributed by atoms with Crippen LogP contribution in [-0.2, 0) is 0 Å². The summed E-state index contributed by atoms with van der Waals surface area (Å²) in [5.41, 5.74) is 0. The van der Waals surface area contributed by atoms with Gasteiger partial charge in [-0.3, -0.25) is 0 Å². The molecule has 0 aromatic heterocycles. The molecule has 0 aromatic carbocycles. The quantitative estimate of drug-likeness (QED) is 0.382. The Labute approximate surface area is 140 Å². The molecule has 0 saturated heterocycles. The molecule has 0 amide bonds. The van der Waals surface area contributed by atoms with E-state index in [0.29, 0.717) is 0 Å². The maximum absolute atomic E-state index is 2.34. The molecule has 0 heterocycles. The van der Waals surface area contributed by atoms with E-state index in [9.17, 15) is 0 Å². The molecule has 0 unspecified atom stereocenters. The highest BCUT2D eigenvalue weighted by molar-refractivity contribution is 4.78. The highest BCUT2D eigenvalue weighted by Gasteiger charge is 2.26. The van der Waals surface area contributed by atoms with Crippen LogP contribution in [0.25, 0.3) is 0 Å². The third-order valence-electron chi connectivity index (χ3n) is 6.78.